The van der Waals surface area contributed by atoms with Crippen molar-refractivity contribution in [2.75, 3.05) is 0 Å². The third-order valence-electron chi connectivity index (χ3n) is 2.57. The van der Waals surface area contributed by atoms with Gasteiger partial charge in [-0.05, 0) is 11.6 Å². The molecule has 2 aromatic rings. The van der Waals surface area contributed by atoms with Crippen molar-refractivity contribution in [2.45, 2.75) is 0 Å². The van der Waals surface area contributed by atoms with Crippen molar-refractivity contribution in [1.29, 1.82) is 0 Å². The lowest BCUT2D eigenvalue weighted by Gasteiger charge is -2.04. The molecule has 2 aromatic carbocycles. The fraction of sp³-hybridized carbons (Fsp3) is 0. The maximum Gasteiger partial charge on any atom is 0.225 e. The monoisotopic (exact) mass is 235 g/mol. The van der Waals surface area contributed by atoms with Crippen LogP contribution in [0.15, 0.2) is 60.7 Å². The summed E-state index contributed by atoms with van der Waals surface area (Å²) < 4.78 is 0. The Labute approximate surface area is 106 Å². The minimum Gasteiger partial charge on any atom is -0.289 e. The first-order valence-electron chi connectivity index (χ1n) is 5.56. The average molecular weight is 235 g/mol. The molecule has 0 aromatic heterocycles. The number of rotatable bonds is 4. The third kappa shape index (κ3) is 2.61. The molecule has 2 heteroatoms. The zero-order chi connectivity index (χ0) is 12.8. The number of carbonyl (C=O) groups is 1. The van der Waals surface area contributed by atoms with Crippen LogP contribution in [0.5, 0.6) is 0 Å². The van der Waals surface area contributed by atoms with Crippen LogP contribution in [0.1, 0.15) is 21.5 Å². The van der Waals surface area contributed by atoms with E-state index in [2.05, 4.69) is 0 Å². The SMILES string of the molecule is O=[C]C=Cc1ccccc1C(=O)c1ccccc1. The van der Waals surface area contributed by atoms with E-state index in [4.69, 9.17) is 0 Å². The predicted molar refractivity (Wildman–Crippen MR) is 71.0 cm³/mol. The first-order valence-corrected chi connectivity index (χ1v) is 5.56. The van der Waals surface area contributed by atoms with Crippen LogP contribution < -0.4 is 0 Å². The summed E-state index contributed by atoms with van der Waals surface area (Å²) in [7, 11) is 0. The molecule has 0 N–H and O–H groups in total. The summed E-state index contributed by atoms with van der Waals surface area (Å²) in [6.45, 7) is 0. The molecule has 1 radical (unpaired) electrons. The number of carbonyl (C=O) groups excluding carboxylic acids is 2. The lowest BCUT2D eigenvalue weighted by molar-refractivity contribution is 0.103. The quantitative estimate of drug-likeness (QED) is 0.603. The van der Waals surface area contributed by atoms with Crippen molar-refractivity contribution >= 4 is 18.1 Å². The maximum atomic E-state index is 12.3. The Hall–Kier alpha value is -2.48. The fourth-order valence-corrected chi connectivity index (χ4v) is 1.72. The van der Waals surface area contributed by atoms with Gasteiger partial charge < -0.3 is 0 Å². The highest BCUT2D eigenvalue weighted by Gasteiger charge is 2.10. The van der Waals surface area contributed by atoms with Crippen molar-refractivity contribution < 1.29 is 9.59 Å². The summed E-state index contributed by atoms with van der Waals surface area (Å²) >= 11 is 0. The van der Waals surface area contributed by atoms with E-state index in [0.717, 1.165) is 5.56 Å². The molecule has 0 aliphatic carbocycles. The van der Waals surface area contributed by atoms with E-state index in [1.807, 2.05) is 24.3 Å². The van der Waals surface area contributed by atoms with Gasteiger partial charge in [0.05, 0.1) is 0 Å². The minimum absolute atomic E-state index is 0.0539. The lowest BCUT2D eigenvalue weighted by atomic mass is 9.98. The van der Waals surface area contributed by atoms with Crippen LogP contribution in [0, 0.1) is 0 Å². The maximum absolute atomic E-state index is 12.3. The Kier molecular flexibility index (Phi) is 3.82. The van der Waals surface area contributed by atoms with Gasteiger partial charge in [-0.3, -0.25) is 9.59 Å². The van der Waals surface area contributed by atoms with Crippen LogP contribution in [0.2, 0.25) is 0 Å². The van der Waals surface area contributed by atoms with Crippen LogP contribution in [-0.4, -0.2) is 12.1 Å². The van der Waals surface area contributed by atoms with Crippen molar-refractivity contribution in [3.63, 3.8) is 0 Å². The van der Waals surface area contributed by atoms with Crippen molar-refractivity contribution in [3.05, 3.63) is 77.4 Å². The van der Waals surface area contributed by atoms with E-state index in [1.54, 1.807) is 42.7 Å². The Morgan fingerprint density at radius 3 is 2.33 bits per heavy atom. The minimum atomic E-state index is -0.0539. The standard InChI is InChI=1S/C16H11O2/c17-12-6-10-13-7-4-5-11-15(13)16(18)14-8-2-1-3-9-14/h1-11H. The van der Waals surface area contributed by atoms with E-state index < -0.39 is 0 Å². The summed E-state index contributed by atoms with van der Waals surface area (Å²) in [5.74, 6) is -0.0539. The van der Waals surface area contributed by atoms with Crippen molar-refractivity contribution in [3.8, 4) is 0 Å². The molecule has 0 bridgehead atoms. The number of hydrogen-bond donors (Lipinski definition) is 0. The molecule has 0 saturated carbocycles. The topological polar surface area (TPSA) is 34.1 Å². The Balaban J connectivity index is 2.42. The molecule has 87 valence electrons. The summed E-state index contributed by atoms with van der Waals surface area (Å²) in [5.41, 5.74) is 1.93. The van der Waals surface area contributed by atoms with Gasteiger partial charge >= 0.3 is 0 Å². The van der Waals surface area contributed by atoms with Gasteiger partial charge in [0.1, 0.15) is 0 Å². The van der Waals surface area contributed by atoms with Crippen LogP contribution in [0.3, 0.4) is 0 Å². The van der Waals surface area contributed by atoms with E-state index >= 15 is 0 Å². The summed E-state index contributed by atoms with van der Waals surface area (Å²) in [4.78, 5) is 22.5. The summed E-state index contributed by atoms with van der Waals surface area (Å²) in [6, 6.07) is 16.2. The highest BCUT2D eigenvalue weighted by Crippen LogP contribution is 2.15. The van der Waals surface area contributed by atoms with Gasteiger partial charge in [0, 0.05) is 11.1 Å². The molecule has 0 atom stereocenters. The normalized spacial score (nSPS) is 10.4. The van der Waals surface area contributed by atoms with Gasteiger partial charge in [0.2, 0.25) is 6.29 Å². The van der Waals surface area contributed by atoms with Gasteiger partial charge in [-0.25, -0.2) is 0 Å². The molecule has 0 fully saturated rings. The zero-order valence-corrected chi connectivity index (χ0v) is 9.67. The molecule has 0 unspecified atom stereocenters. The molecule has 0 aliphatic heterocycles. The highest BCUT2D eigenvalue weighted by molar-refractivity contribution is 6.11. The first-order chi connectivity index (χ1) is 8.83. The molecular formula is C16H11O2. The van der Waals surface area contributed by atoms with Crippen molar-refractivity contribution in [1.82, 2.24) is 0 Å². The highest BCUT2D eigenvalue weighted by atomic mass is 16.1. The molecule has 2 rings (SSSR count). The predicted octanol–water partition coefficient (Wildman–Crippen LogP) is 3.04. The number of allylic oxidation sites excluding steroid dienone is 1. The third-order valence-corrected chi connectivity index (χ3v) is 2.57. The zero-order valence-electron chi connectivity index (χ0n) is 9.67. The van der Waals surface area contributed by atoms with Crippen LogP contribution >= 0.6 is 0 Å². The number of hydrogen-bond acceptors (Lipinski definition) is 2. The second-order valence-corrected chi connectivity index (χ2v) is 3.73. The van der Waals surface area contributed by atoms with E-state index in [1.165, 1.54) is 6.08 Å². The lowest BCUT2D eigenvalue weighted by Crippen LogP contribution is -2.03. The van der Waals surface area contributed by atoms with E-state index in [0.29, 0.717) is 11.1 Å². The molecule has 0 heterocycles. The van der Waals surface area contributed by atoms with Gasteiger partial charge in [-0.15, -0.1) is 0 Å². The van der Waals surface area contributed by atoms with E-state index in [9.17, 15) is 9.59 Å². The molecule has 2 nitrogen and oxygen atoms in total. The van der Waals surface area contributed by atoms with Crippen LogP contribution in [0.4, 0.5) is 0 Å². The molecule has 0 amide bonds. The molecule has 0 aliphatic rings. The fourth-order valence-electron chi connectivity index (χ4n) is 1.72. The van der Waals surface area contributed by atoms with E-state index in [-0.39, 0.29) is 5.78 Å². The van der Waals surface area contributed by atoms with Gasteiger partial charge in [-0.1, -0.05) is 60.7 Å². The molecule has 0 spiro atoms. The largest absolute Gasteiger partial charge is 0.289 e. The number of ketones is 1. The first kappa shape index (κ1) is 12.0. The smallest absolute Gasteiger partial charge is 0.225 e. The second-order valence-electron chi connectivity index (χ2n) is 3.73. The van der Waals surface area contributed by atoms with Crippen LogP contribution in [0.25, 0.3) is 6.08 Å². The molecular weight excluding hydrogens is 224 g/mol. The Bertz CT molecular complexity index is 583. The Morgan fingerprint density at radius 2 is 1.61 bits per heavy atom. The second kappa shape index (κ2) is 5.73. The summed E-state index contributed by atoms with van der Waals surface area (Å²) in [5, 5.41) is 0. The average Bonchev–Trinajstić information content (AvgIpc) is 2.45. The van der Waals surface area contributed by atoms with Gasteiger partial charge in [-0.2, -0.15) is 0 Å². The Morgan fingerprint density at radius 1 is 0.944 bits per heavy atom. The summed E-state index contributed by atoms with van der Waals surface area (Å²) in [6.07, 6.45) is 4.53. The molecule has 0 saturated heterocycles. The van der Waals surface area contributed by atoms with Crippen LogP contribution in [-0.2, 0) is 4.79 Å². The number of benzene rings is 2. The van der Waals surface area contributed by atoms with Gasteiger partial charge in [0.15, 0.2) is 5.78 Å². The molecule has 18 heavy (non-hydrogen) atoms. The van der Waals surface area contributed by atoms with Crippen molar-refractivity contribution in [2.24, 2.45) is 0 Å². The van der Waals surface area contributed by atoms with Gasteiger partial charge in [0.25, 0.3) is 0 Å².